The molecule has 2 heterocycles. The van der Waals surface area contributed by atoms with Crippen molar-refractivity contribution >= 4 is 26.7 Å². The zero-order chi connectivity index (χ0) is 15.0. The summed E-state index contributed by atoms with van der Waals surface area (Å²) in [5.74, 6) is -0.193. The lowest BCUT2D eigenvalue weighted by molar-refractivity contribution is -0.128. The lowest BCUT2D eigenvalue weighted by atomic mass is 10.1. The molecular weight excluding hydrogens is 290 g/mol. The number of nitrogens with two attached hydrogens (primary N) is 1. The van der Waals surface area contributed by atoms with Gasteiger partial charge in [0.05, 0.1) is 0 Å². The Bertz CT molecular complexity index is 799. The molecule has 0 saturated carbocycles. The molecule has 0 radical (unpaired) electrons. The number of benzene rings is 1. The summed E-state index contributed by atoms with van der Waals surface area (Å²) in [4.78, 5) is 17.7. The zero-order valence-corrected chi connectivity index (χ0v) is 12.1. The van der Waals surface area contributed by atoms with Gasteiger partial charge in [-0.3, -0.25) is 9.78 Å². The molecule has 1 atom stereocenters. The van der Waals surface area contributed by atoms with Crippen LogP contribution in [0.1, 0.15) is 12.0 Å². The van der Waals surface area contributed by atoms with Crippen LogP contribution in [0.3, 0.4) is 0 Å². The Hall–Kier alpha value is -1.99. The summed E-state index contributed by atoms with van der Waals surface area (Å²) in [5.41, 5.74) is 0.900. The highest BCUT2D eigenvalue weighted by atomic mass is 32.2. The Labute approximate surface area is 122 Å². The van der Waals surface area contributed by atoms with Crippen molar-refractivity contribution < 1.29 is 13.2 Å². The molecule has 21 heavy (non-hydrogen) atoms. The summed E-state index contributed by atoms with van der Waals surface area (Å²) in [7, 11) is -3.68. The van der Waals surface area contributed by atoms with Crippen LogP contribution in [0.15, 0.2) is 36.7 Å². The molecule has 1 aromatic heterocycles. The smallest absolute Gasteiger partial charge is 0.224 e. The highest BCUT2D eigenvalue weighted by Gasteiger charge is 2.36. The van der Waals surface area contributed by atoms with Crippen LogP contribution in [0.4, 0.5) is 0 Å². The predicted octanol–water partition coefficient (Wildman–Crippen LogP) is 0.624. The van der Waals surface area contributed by atoms with E-state index in [1.807, 2.05) is 24.3 Å². The van der Waals surface area contributed by atoms with E-state index in [4.69, 9.17) is 5.14 Å². The topological polar surface area (TPSA) is 93.4 Å². The number of rotatable bonds is 3. The van der Waals surface area contributed by atoms with Crippen molar-refractivity contribution in [3.05, 3.63) is 42.2 Å². The maximum atomic E-state index is 12.0. The van der Waals surface area contributed by atoms with Crippen LogP contribution in [-0.2, 0) is 21.4 Å². The molecule has 3 rings (SSSR count). The average Bonchev–Trinajstić information content (AvgIpc) is 2.81. The molecule has 1 unspecified atom stereocenters. The van der Waals surface area contributed by atoms with Gasteiger partial charge in [0.1, 0.15) is 5.25 Å². The van der Waals surface area contributed by atoms with Gasteiger partial charge in [0, 0.05) is 37.3 Å². The summed E-state index contributed by atoms with van der Waals surface area (Å²) in [5, 5.41) is 6.32. The number of carbonyl (C=O) groups excluding carboxylic acids is 1. The first-order valence-electron chi connectivity index (χ1n) is 6.56. The fraction of sp³-hybridized carbons (Fsp3) is 0.286. The number of sulfonamides is 1. The number of carbonyl (C=O) groups is 1. The first-order chi connectivity index (χ1) is 9.95. The Kier molecular flexibility index (Phi) is 3.38. The molecule has 110 valence electrons. The molecule has 1 aliphatic heterocycles. The van der Waals surface area contributed by atoms with E-state index in [1.165, 1.54) is 4.90 Å². The number of fused-ring (bicyclic) bond motifs is 1. The third-order valence-electron chi connectivity index (χ3n) is 3.76. The van der Waals surface area contributed by atoms with Crippen molar-refractivity contribution in [3.63, 3.8) is 0 Å². The second-order valence-electron chi connectivity index (χ2n) is 5.21. The Morgan fingerprint density at radius 2 is 2.05 bits per heavy atom. The molecule has 1 saturated heterocycles. The molecule has 2 N–H and O–H groups in total. The van der Waals surface area contributed by atoms with Gasteiger partial charge in [-0.2, -0.15) is 0 Å². The summed E-state index contributed by atoms with van der Waals surface area (Å²) >= 11 is 0. The van der Waals surface area contributed by atoms with Gasteiger partial charge in [-0.15, -0.1) is 0 Å². The van der Waals surface area contributed by atoms with Crippen LogP contribution in [0.5, 0.6) is 0 Å². The quantitative estimate of drug-likeness (QED) is 0.899. The van der Waals surface area contributed by atoms with Crippen LogP contribution in [0, 0.1) is 0 Å². The number of aromatic nitrogens is 1. The molecule has 0 spiro atoms. The van der Waals surface area contributed by atoms with Crippen molar-refractivity contribution in [2.24, 2.45) is 5.14 Å². The van der Waals surface area contributed by atoms with Crippen LogP contribution < -0.4 is 5.14 Å². The van der Waals surface area contributed by atoms with Crippen LogP contribution >= 0.6 is 0 Å². The molecule has 0 aliphatic carbocycles. The van der Waals surface area contributed by atoms with Crippen LogP contribution in [0.25, 0.3) is 10.8 Å². The van der Waals surface area contributed by atoms with Crippen molar-refractivity contribution in [1.82, 2.24) is 9.88 Å². The summed E-state index contributed by atoms with van der Waals surface area (Å²) in [6, 6.07) is 7.76. The minimum atomic E-state index is -3.68. The highest BCUT2D eigenvalue weighted by molar-refractivity contribution is 7.89. The van der Waals surface area contributed by atoms with E-state index >= 15 is 0 Å². The second-order valence-corrected chi connectivity index (χ2v) is 7.05. The Balaban J connectivity index is 1.88. The normalized spacial score (nSPS) is 19.4. The molecule has 2 aromatic rings. The fourth-order valence-electron chi connectivity index (χ4n) is 2.62. The Morgan fingerprint density at radius 1 is 1.29 bits per heavy atom. The number of hydrogen-bond acceptors (Lipinski definition) is 4. The number of amides is 1. The molecular formula is C14H15N3O3S. The van der Waals surface area contributed by atoms with Crippen molar-refractivity contribution in [1.29, 1.82) is 0 Å². The van der Waals surface area contributed by atoms with Gasteiger partial charge in [-0.05, 0) is 10.9 Å². The Morgan fingerprint density at radius 3 is 2.76 bits per heavy atom. The lowest BCUT2D eigenvalue weighted by Gasteiger charge is -2.17. The van der Waals surface area contributed by atoms with Crippen LogP contribution in [0.2, 0.25) is 0 Å². The van der Waals surface area contributed by atoms with Gasteiger partial charge < -0.3 is 4.90 Å². The molecule has 1 amide bonds. The number of hydrogen-bond donors (Lipinski definition) is 1. The van der Waals surface area contributed by atoms with E-state index in [1.54, 1.807) is 12.4 Å². The predicted molar refractivity (Wildman–Crippen MR) is 78.7 cm³/mol. The van der Waals surface area contributed by atoms with E-state index < -0.39 is 15.3 Å². The molecule has 1 aromatic carbocycles. The highest BCUT2D eigenvalue weighted by Crippen LogP contribution is 2.23. The maximum Gasteiger partial charge on any atom is 0.224 e. The standard InChI is InChI=1S/C14H15N3O3S/c15-21(19,20)12-5-14(18)17(9-12)8-11-7-16-6-10-3-1-2-4-13(10)11/h1-4,6-7,12H,5,8-9H2,(H2,15,19,20). The molecule has 7 heteroatoms. The van der Waals surface area contributed by atoms with Crippen LogP contribution in [-0.4, -0.2) is 36.0 Å². The van der Waals surface area contributed by atoms with Gasteiger partial charge in [-0.25, -0.2) is 13.6 Å². The number of likely N-dealkylation sites (tertiary alicyclic amines) is 1. The number of nitrogens with zero attached hydrogens (tertiary/aromatic N) is 2. The van der Waals surface area contributed by atoms with Crippen molar-refractivity contribution in [2.45, 2.75) is 18.2 Å². The maximum absolute atomic E-state index is 12.0. The summed E-state index contributed by atoms with van der Waals surface area (Å²) < 4.78 is 22.8. The lowest BCUT2D eigenvalue weighted by Crippen LogP contribution is -2.32. The third-order valence-corrected chi connectivity index (χ3v) is 5.00. The third kappa shape index (κ3) is 2.74. The van der Waals surface area contributed by atoms with E-state index in [9.17, 15) is 13.2 Å². The van der Waals surface area contributed by atoms with Crippen molar-refractivity contribution in [3.8, 4) is 0 Å². The first-order valence-corrected chi connectivity index (χ1v) is 8.17. The largest absolute Gasteiger partial charge is 0.337 e. The van der Waals surface area contributed by atoms with Gasteiger partial charge in [-0.1, -0.05) is 24.3 Å². The van der Waals surface area contributed by atoms with E-state index in [0.29, 0.717) is 6.54 Å². The minimum absolute atomic E-state index is 0.0446. The van der Waals surface area contributed by atoms with E-state index in [2.05, 4.69) is 4.98 Å². The average molecular weight is 305 g/mol. The molecule has 1 aliphatic rings. The first kappa shape index (κ1) is 14.0. The summed E-state index contributed by atoms with van der Waals surface area (Å²) in [6.45, 7) is 0.486. The van der Waals surface area contributed by atoms with Gasteiger partial charge in [0.25, 0.3) is 0 Å². The molecule has 1 fully saturated rings. The zero-order valence-electron chi connectivity index (χ0n) is 11.3. The van der Waals surface area contributed by atoms with E-state index in [0.717, 1.165) is 16.3 Å². The number of primary sulfonamides is 1. The SMILES string of the molecule is NS(=O)(=O)C1CC(=O)N(Cc2cncc3ccccc23)C1. The molecule has 0 bridgehead atoms. The molecule has 6 nitrogen and oxygen atoms in total. The summed E-state index contributed by atoms with van der Waals surface area (Å²) in [6.07, 6.45) is 3.43. The van der Waals surface area contributed by atoms with Gasteiger partial charge in [0.2, 0.25) is 15.9 Å². The number of pyridine rings is 1. The monoisotopic (exact) mass is 305 g/mol. The van der Waals surface area contributed by atoms with Gasteiger partial charge >= 0.3 is 0 Å². The minimum Gasteiger partial charge on any atom is -0.337 e. The van der Waals surface area contributed by atoms with Gasteiger partial charge in [0.15, 0.2) is 0 Å². The fourth-order valence-corrected chi connectivity index (χ4v) is 3.38. The second kappa shape index (κ2) is 5.09. The van der Waals surface area contributed by atoms with Crippen molar-refractivity contribution in [2.75, 3.05) is 6.54 Å². The van der Waals surface area contributed by atoms with E-state index in [-0.39, 0.29) is 18.9 Å².